The first-order valence-corrected chi connectivity index (χ1v) is 9.98. The van der Waals surface area contributed by atoms with Crippen LogP contribution in [0.25, 0.3) is 22.0 Å². The van der Waals surface area contributed by atoms with Gasteiger partial charge in [0.05, 0.1) is 5.52 Å². The summed E-state index contributed by atoms with van der Waals surface area (Å²) in [6.07, 6.45) is 4.61. The number of nitrogens with zero attached hydrogens (tertiary/aromatic N) is 3. The number of aromatic nitrogens is 2. The fraction of sp³-hybridized carbons (Fsp3) is 0.333. The lowest BCUT2D eigenvalue weighted by Gasteiger charge is -2.30. The number of aryl methyl sites for hydroxylation is 1. The molecule has 0 amide bonds. The second kappa shape index (κ2) is 7.73. The molecule has 29 heavy (non-hydrogen) atoms. The van der Waals surface area contributed by atoms with Crippen LogP contribution in [0.2, 0.25) is 0 Å². The monoisotopic (exact) mass is 384 g/mol. The minimum absolute atomic E-state index is 0.171. The van der Waals surface area contributed by atoms with Crippen LogP contribution in [0.4, 0.5) is 0 Å². The van der Waals surface area contributed by atoms with Crippen molar-refractivity contribution in [2.75, 3.05) is 7.05 Å². The maximum Gasteiger partial charge on any atom is 0.149 e. The summed E-state index contributed by atoms with van der Waals surface area (Å²) in [5, 5.41) is 14.0. The number of carbonyl (C=O) groups excluding carboxylic acids is 1. The van der Waals surface area contributed by atoms with Gasteiger partial charge in [0.15, 0.2) is 0 Å². The second-order valence-corrected chi connectivity index (χ2v) is 7.96. The first-order chi connectivity index (χ1) is 14.0. The van der Waals surface area contributed by atoms with E-state index in [1.807, 2.05) is 38.4 Å². The number of hydrogen-bond donors (Lipinski definition) is 1. The Morgan fingerprint density at radius 3 is 2.69 bits per heavy atom. The molecule has 146 valence electrons. The number of carbonyl (C=O) groups is 1. The number of hydrogen-bond acceptors (Lipinski definition) is 5. The largest absolute Gasteiger partial charge is 0.313 e. The van der Waals surface area contributed by atoms with Crippen LogP contribution in [0.15, 0.2) is 36.5 Å². The van der Waals surface area contributed by atoms with Crippen LogP contribution < -0.4 is 5.32 Å². The van der Waals surface area contributed by atoms with Crippen molar-refractivity contribution >= 4 is 17.2 Å². The van der Waals surface area contributed by atoms with E-state index in [1.54, 1.807) is 0 Å². The first kappa shape index (κ1) is 19.2. The number of aldehydes is 1. The SMILES string of the molecule is CNC(C)c1cc(C)cc2nc(C#N)c(-c3ccc(C4CC(C=O)C4)nc3)cc12. The maximum atomic E-state index is 10.8. The zero-order valence-corrected chi connectivity index (χ0v) is 16.9. The molecule has 2 aromatic heterocycles. The molecule has 0 bridgehead atoms. The van der Waals surface area contributed by atoms with E-state index < -0.39 is 0 Å². The predicted molar refractivity (Wildman–Crippen MR) is 113 cm³/mol. The lowest BCUT2D eigenvalue weighted by molar-refractivity contribution is -0.113. The van der Waals surface area contributed by atoms with Crippen molar-refractivity contribution < 1.29 is 4.79 Å². The predicted octanol–water partition coefficient (Wildman–Crippen LogP) is 4.45. The van der Waals surface area contributed by atoms with E-state index in [-0.39, 0.29) is 12.0 Å². The van der Waals surface area contributed by atoms with Crippen LogP contribution in [-0.2, 0) is 4.79 Å². The van der Waals surface area contributed by atoms with Crippen LogP contribution in [-0.4, -0.2) is 23.3 Å². The van der Waals surface area contributed by atoms with Crippen LogP contribution in [0.3, 0.4) is 0 Å². The van der Waals surface area contributed by atoms with Crippen molar-refractivity contribution in [1.29, 1.82) is 5.26 Å². The Bertz CT molecular complexity index is 1110. The summed E-state index contributed by atoms with van der Waals surface area (Å²) < 4.78 is 0. The highest BCUT2D eigenvalue weighted by Gasteiger charge is 2.30. The Labute approximate surface area is 170 Å². The molecule has 4 rings (SSSR count). The molecular formula is C24H24N4O. The van der Waals surface area contributed by atoms with E-state index >= 15 is 0 Å². The lowest BCUT2D eigenvalue weighted by atomic mass is 9.74. The number of pyridine rings is 2. The van der Waals surface area contributed by atoms with Crippen LogP contribution >= 0.6 is 0 Å². The fourth-order valence-electron chi connectivity index (χ4n) is 4.09. The van der Waals surface area contributed by atoms with E-state index in [0.29, 0.717) is 11.6 Å². The first-order valence-electron chi connectivity index (χ1n) is 9.98. The molecule has 1 fully saturated rings. The molecule has 0 saturated heterocycles. The quantitative estimate of drug-likeness (QED) is 0.658. The van der Waals surface area contributed by atoms with Gasteiger partial charge in [0, 0.05) is 46.3 Å². The topological polar surface area (TPSA) is 78.7 Å². The van der Waals surface area contributed by atoms with Crippen molar-refractivity contribution in [2.45, 2.75) is 38.6 Å². The van der Waals surface area contributed by atoms with Gasteiger partial charge in [-0.1, -0.05) is 12.1 Å². The van der Waals surface area contributed by atoms with Crippen molar-refractivity contribution in [3.05, 3.63) is 59.0 Å². The summed E-state index contributed by atoms with van der Waals surface area (Å²) in [6, 6.07) is 12.7. The van der Waals surface area contributed by atoms with E-state index in [2.05, 4.69) is 40.4 Å². The van der Waals surface area contributed by atoms with Crippen molar-refractivity contribution in [1.82, 2.24) is 15.3 Å². The average molecular weight is 384 g/mol. The minimum Gasteiger partial charge on any atom is -0.313 e. The molecule has 0 radical (unpaired) electrons. The number of nitriles is 1. The third-order valence-corrected chi connectivity index (χ3v) is 6.00. The molecule has 1 aliphatic carbocycles. The fourth-order valence-corrected chi connectivity index (χ4v) is 4.09. The Balaban J connectivity index is 1.77. The highest BCUT2D eigenvalue weighted by Crippen LogP contribution is 2.40. The van der Waals surface area contributed by atoms with E-state index in [4.69, 9.17) is 0 Å². The molecule has 1 aromatic carbocycles. The number of fused-ring (bicyclic) bond motifs is 1. The average Bonchev–Trinajstić information content (AvgIpc) is 2.71. The molecular weight excluding hydrogens is 360 g/mol. The van der Waals surface area contributed by atoms with E-state index in [9.17, 15) is 10.1 Å². The highest BCUT2D eigenvalue weighted by molar-refractivity contribution is 5.89. The van der Waals surface area contributed by atoms with Gasteiger partial charge >= 0.3 is 0 Å². The Morgan fingerprint density at radius 1 is 1.28 bits per heavy atom. The van der Waals surface area contributed by atoms with Crippen LogP contribution in [0.1, 0.15) is 54.2 Å². The van der Waals surface area contributed by atoms with Crippen molar-refractivity contribution in [3.8, 4) is 17.2 Å². The maximum absolute atomic E-state index is 10.8. The van der Waals surface area contributed by atoms with Gasteiger partial charge in [-0.15, -0.1) is 0 Å². The third-order valence-electron chi connectivity index (χ3n) is 6.00. The van der Waals surface area contributed by atoms with Gasteiger partial charge in [-0.3, -0.25) is 4.98 Å². The molecule has 5 heteroatoms. The van der Waals surface area contributed by atoms with Crippen LogP contribution in [0.5, 0.6) is 0 Å². The molecule has 5 nitrogen and oxygen atoms in total. The number of nitrogens with one attached hydrogen (secondary N) is 1. The zero-order chi connectivity index (χ0) is 20.5. The normalized spacial score (nSPS) is 19.4. The summed E-state index contributed by atoms with van der Waals surface area (Å²) >= 11 is 0. The van der Waals surface area contributed by atoms with Gasteiger partial charge < -0.3 is 10.1 Å². The molecule has 2 heterocycles. The second-order valence-electron chi connectivity index (χ2n) is 7.96. The molecule has 1 N–H and O–H groups in total. The van der Waals surface area contributed by atoms with Crippen molar-refractivity contribution in [2.24, 2.45) is 5.92 Å². The summed E-state index contributed by atoms with van der Waals surface area (Å²) in [7, 11) is 1.94. The van der Waals surface area contributed by atoms with Crippen LogP contribution in [0, 0.1) is 24.2 Å². The molecule has 3 aromatic rings. The summed E-state index contributed by atoms with van der Waals surface area (Å²) in [4.78, 5) is 20.1. The van der Waals surface area contributed by atoms with Gasteiger partial charge in [-0.2, -0.15) is 5.26 Å². The van der Waals surface area contributed by atoms with E-state index in [1.165, 1.54) is 5.56 Å². The molecule has 1 atom stereocenters. The standard InChI is InChI=1S/C24H24N4O/c1-14-6-19(15(2)26-3)21-10-20(24(11-25)28-23(21)7-14)17-4-5-22(27-12-17)18-8-16(9-18)13-29/h4-7,10,12-13,15-16,18,26H,8-9H2,1-3H3. The third kappa shape index (κ3) is 3.52. The molecule has 0 aliphatic heterocycles. The molecule has 0 spiro atoms. The van der Waals surface area contributed by atoms with Gasteiger partial charge in [-0.25, -0.2) is 4.98 Å². The van der Waals surface area contributed by atoms with Gasteiger partial charge in [0.25, 0.3) is 0 Å². The summed E-state index contributed by atoms with van der Waals surface area (Å²) in [5.41, 5.74) is 6.23. The van der Waals surface area contributed by atoms with Crippen molar-refractivity contribution in [3.63, 3.8) is 0 Å². The highest BCUT2D eigenvalue weighted by atomic mass is 16.1. The molecule has 1 unspecified atom stereocenters. The summed E-state index contributed by atoms with van der Waals surface area (Å²) in [6.45, 7) is 4.17. The molecule has 1 saturated carbocycles. The minimum atomic E-state index is 0.171. The Morgan fingerprint density at radius 2 is 2.07 bits per heavy atom. The number of benzene rings is 1. The zero-order valence-electron chi connectivity index (χ0n) is 16.9. The molecule has 1 aliphatic rings. The van der Waals surface area contributed by atoms with Gasteiger partial charge in [0.1, 0.15) is 18.0 Å². The van der Waals surface area contributed by atoms with E-state index in [0.717, 1.165) is 52.4 Å². The number of rotatable bonds is 5. The Kier molecular flexibility index (Phi) is 5.12. The smallest absolute Gasteiger partial charge is 0.149 e. The lowest BCUT2D eigenvalue weighted by Crippen LogP contribution is -2.23. The summed E-state index contributed by atoms with van der Waals surface area (Å²) in [5.74, 6) is 0.530. The van der Waals surface area contributed by atoms with Gasteiger partial charge in [-0.05, 0) is 63.1 Å². The van der Waals surface area contributed by atoms with Gasteiger partial charge in [0.2, 0.25) is 0 Å². The Hall–Kier alpha value is -3.10.